The average Bonchev–Trinajstić information content (AvgIpc) is 2.60. The topological polar surface area (TPSA) is 33.1 Å². The van der Waals surface area contributed by atoms with Crippen molar-refractivity contribution in [2.24, 2.45) is 0 Å². The number of aliphatic hydroxyl groups excluding tert-OH is 1. The predicted octanol–water partition coefficient (Wildman–Crippen LogP) is 3.37. The fourth-order valence-electron chi connectivity index (χ4n) is 1.32. The monoisotopic (exact) mass is 283 g/mol. The third-order valence-electron chi connectivity index (χ3n) is 2.15. The van der Waals surface area contributed by atoms with Crippen LogP contribution in [0.5, 0.6) is 0 Å². The Morgan fingerprint density at radius 2 is 2.13 bits per heavy atom. The molecule has 1 heterocycles. The van der Waals surface area contributed by atoms with E-state index in [1.54, 1.807) is 11.3 Å². The zero-order valence-electron chi connectivity index (χ0n) is 8.20. The van der Waals surface area contributed by atoms with Gasteiger partial charge in [-0.05, 0) is 13.0 Å². The Hall–Kier alpha value is -0.710. The fourth-order valence-corrected chi connectivity index (χ4v) is 2.89. The Kier molecular flexibility index (Phi) is 3.19. The molecule has 2 rings (SSSR count). The van der Waals surface area contributed by atoms with Crippen molar-refractivity contribution in [3.05, 3.63) is 39.3 Å². The van der Waals surface area contributed by atoms with Crippen LogP contribution in [-0.4, -0.2) is 10.1 Å². The third-order valence-corrected chi connectivity index (χ3v) is 3.88. The molecule has 0 saturated carbocycles. The summed E-state index contributed by atoms with van der Waals surface area (Å²) in [5, 5.41) is 10.0. The van der Waals surface area contributed by atoms with Crippen LogP contribution in [0.4, 0.5) is 0 Å². The lowest BCUT2D eigenvalue weighted by Gasteiger charge is -1.98. The second kappa shape index (κ2) is 4.43. The van der Waals surface area contributed by atoms with Gasteiger partial charge in [-0.25, -0.2) is 4.98 Å². The maximum Gasteiger partial charge on any atom is 0.125 e. The molecule has 1 N–H and O–H groups in total. The minimum atomic E-state index is 0.00673. The second-order valence-corrected chi connectivity index (χ2v) is 5.22. The summed E-state index contributed by atoms with van der Waals surface area (Å²) >= 11 is 5.10. The molecule has 0 amide bonds. The van der Waals surface area contributed by atoms with E-state index in [-0.39, 0.29) is 6.61 Å². The number of nitrogens with zero attached hydrogens (tertiary/aromatic N) is 1. The lowest BCUT2D eigenvalue weighted by molar-refractivity contribution is 0.277. The number of benzene rings is 1. The number of hydrogen-bond acceptors (Lipinski definition) is 3. The number of rotatable bonds is 2. The van der Waals surface area contributed by atoms with Crippen molar-refractivity contribution >= 4 is 27.3 Å². The van der Waals surface area contributed by atoms with Crippen molar-refractivity contribution in [2.75, 3.05) is 0 Å². The van der Waals surface area contributed by atoms with Gasteiger partial charge < -0.3 is 5.11 Å². The molecule has 0 spiro atoms. The first-order valence-corrected chi connectivity index (χ1v) is 6.15. The molecule has 0 aliphatic rings. The molecular formula is C11H10BrNOS. The summed E-state index contributed by atoms with van der Waals surface area (Å²) < 4.78 is 1.03. The van der Waals surface area contributed by atoms with E-state index in [4.69, 9.17) is 5.11 Å². The molecule has 1 aromatic heterocycles. The van der Waals surface area contributed by atoms with Gasteiger partial charge in [0.25, 0.3) is 0 Å². The van der Waals surface area contributed by atoms with E-state index in [1.165, 1.54) is 0 Å². The van der Waals surface area contributed by atoms with Gasteiger partial charge in [-0.1, -0.05) is 34.1 Å². The van der Waals surface area contributed by atoms with E-state index in [0.717, 1.165) is 25.6 Å². The van der Waals surface area contributed by atoms with Crippen LogP contribution in [0, 0.1) is 6.92 Å². The quantitative estimate of drug-likeness (QED) is 0.917. The Morgan fingerprint density at radius 3 is 2.73 bits per heavy atom. The van der Waals surface area contributed by atoms with Gasteiger partial charge in [0.1, 0.15) is 5.01 Å². The molecule has 0 bridgehead atoms. The van der Waals surface area contributed by atoms with Crippen LogP contribution >= 0.6 is 27.3 Å². The smallest absolute Gasteiger partial charge is 0.125 e. The molecule has 4 heteroatoms. The van der Waals surface area contributed by atoms with Gasteiger partial charge >= 0.3 is 0 Å². The standard InChI is InChI=1S/C11H10BrNOS/c1-7-10(6-14)13-11(15-7)8-4-2-3-5-9(8)12/h2-5,14H,6H2,1H3. The predicted molar refractivity (Wildman–Crippen MR) is 65.9 cm³/mol. The molecule has 0 saturated heterocycles. The molecule has 0 aliphatic heterocycles. The molecule has 0 atom stereocenters. The first kappa shape index (κ1) is 10.8. The molecule has 2 aromatic rings. The highest BCUT2D eigenvalue weighted by Gasteiger charge is 2.10. The highest BCUT2D eigenvalue weighted by atomic mass is 79.9. The van der Waals surface area contributed by atoms with Crippen molar-refractivity contribution in [2.45, 2.75) is 13.5 Å². The van der Waals surface area contributed by atoms with Gasteiger partial charge in [0.05, 0.1) is 12.3 Å². The van der Waals surface area contributed by atoms with Crippen LogP contribution in [0.1, 0.15) is 10.6 Å². The van der Waals surface area contributed by atoms with Gasteiger partial charge in [0.15, 0.2) is 0 Å². The summed E-state index contributed by atoms with van der Waals surface area (Å²) in [6.45, 7) is 1.98. The van der Waals surface area contributed by atoms with Crippen LogP contribution in [0.2, 0.25) is 0 Å². The van der Waals surface area contributed by atoms with Crippen molar-refractivity contribution in [3.63, 3.8) is 0 Å². The summed E-state index contributed by atoms with van der Waals surface area (Å²) in [5.41, 5.74) is 1.84. The lowest BCUT2D eigenvalue weighted by Crippen LogP contribution is -1.85. The number of aryl methyl sites for hydroxylation is 1. The third kappa shape index (κ3) is 2.12. The summed E-state index contributed by atoms with van der Waals surface area (Å²) in [5.74, 6) is 0. The second-order valence-electron chi connectivity index (χ2n) is 3.16. The van der Waals surface area contributed by atoms with Crippen LogP contribution in [0.15, 0.2) is 28.7 Å². The van der Waals surface area contributed by atoms with Gasteiger partial charge in [-0.3, -0.25) is 0 Å². The summed E-state index contributed by atoms with van der Waals surface area (Å²) in [7, 11) is 0. The Bertz CT molecular complexity index is 481. The number of halogens is 1. The summed E-state index contributed by atoms with van der Waals surface area (Å²) in [6.07, 6.45) is 0. The normalized spacial score (nSPS) is 10.6. The molecule has 0 unspecified atom stereocenters. The summed E-state index contributed by atoms with van der Waals surface area (Å²) in [4.78, 5) is 5.47. The first-order valence-electron chi connectivity index (χ1n) is 4.54. The molecule has 15 heavy (non-hydrogen) atoms. The molecule has 0 radical (unpaired) electrons. The highest BCUT2D eigenvalue weighted by Crippen LogP contribution is 2.32. The van der Waals surface area contributed by atoms with Crippen LogP contribution in [-0.2, 0) is 6.61 Å². The highest BCUT2D eigenvalue weighted by molar-refractivity contribution is 9.10. The molecule has 1 aromatic carbocycles. The van der Waals surface area contributed by atoms with Crippen molar-refractivity contribution < 1.29 is 5.11 Å². The van der Waals surface area contributed by atoms with E-state index >= 15 is 0 Å². The van der Waals surface area contributed by atoms with E-state index in [2.05, 4.69) is 20.9 Å². The lowest BCUT2D eigenvalue weighted by atomic mass is 10.2. The van der Waals surface area contributed by atoms with E-state index < -0.39 is 0 Å². The minimum absolute atomic E-state index is 0.00673. The number of aliphatic hydroxyl groups is 1. The Morgan fingerprint density at radius 1 is 1.40 bits per heavy atom. The number of thiazole rings is 1. The Labute approximate surface area is 101 Å². The van der Waals surface area contributed by atoms with Gasteiger partial charge in [0, 0.05) is 14.9 Å². The van der Waals surface area contributed by atoms with Crippen molar-refractivity contribution in [3.8, 4) is 10.6 Å². The van der Waals surface area contributed by atoms with Crippen LogP contribution in [0.25, 0.3) is 10.6 Å². The fraction of sp³-hybridized carbons (Fsp3) is 0.182. The van der Waals surface area contributed by atoms with Gasteiger partial charge in [0.2, 0.25) is 0 Å². The van der Waals surface area contributed by atoms with Crippen molar-refractivity contribution in [1.29, 1.82) is 0 Å². The Balaban J connectivity index is 2.50. The SMILES string of the molecule is Cc1sc(-c2ccccc2Br)nc1CO. The van der Waals surface area contributed by atoms with E-state index in [1.807, 2.05) is 31.2 Å². The number of hydrogen-bond donors (Lipinski definition) is 1. The number of aromatic nitrogens is 1. The zero-order chi connectivity index (χ0) is 10.8. The summed E-state index contributed by atoms with van der Waals surface area (Å²) in [6, 6.07) is 7.96. The molecule has 2 nitrogen and oxygen atoms in total. The van der Waals surface area contributed by atoms with E-state index in [0.29, 0.717) is 0 Å². The molecule has 0 aliphatic carbocycles. The van der Waals surface area contributed by atoms with Crippen molar-refractivity contribution in [1.82, 2.24) is 4.98 Å². The molecular weight excluding hydrogens is 274 g/mol. The maximum absolute atomic E-state index is 9.08. The largest absolute Gasteiger partial charge is 0.390 e. The van der Waals surface area contributed by atoms with Crippen LogP contribution < -0.4 is 0 Å². The molecule has 78 valence electrons. The van der Waals surface area contributed by atoms with Gasteiger partial charge in [-0.15, -0.1) is 11.3 Å². The van der Waals surface area contributed by atoms with E-state index in [9.17, 15) is 0 Å². The first-order chi connectivity index (χ1) is 7.22. The van der Waals surface area contributed by atoms with Gasteiger partial charge in [-0.2, -0.15) is 0 Å². The average molecular weight is 284 g/mol. The maximum atomic E-state index is 9.08. The molecule has 0 fully saturated rings. The van der Waals surface area contributed by atoms with Crippen LogP contribution in [0.3, 0.4) is 0 Å². The minimum Gasteiger partial charge on any atom is -0.390 e. The zero-order valence-corrected chi connectivity index (χ0v) is 10.6.